The van der Waals surface area contributed by atoms with Crippen molar-refractivity contribution in [1.29, 1.82) is 0 Å². The minimum Gasteiger partial charge on any atom is -0.493 e. The van der Waals surface area contributed by atoms with Gasteiger partial charge in [-0.15, -0.1) is 11.3 Å². The van der Waals surface area contributed by atoms with Gasteiger partial charge in [-0.1, -0.05) is 6.07 Å². The van der Waals surface area contributed by atoms with Crippen molar-refractivity contribution in [3.05, 3.63) is 46.2 Å². The lowest BCUT2D eigenvalue weighted by Gasteiger charge is -2.11. The topological polar surface area (TPSA) is 89.0 Å². The molecule has 1 heterocycles. The molecule has 0 spiro atoms. The summed E-state index contributed by atoms with van der Waals surface area (Å²) in [4.78, 5) is 24.2. The van der Waals surface area contributed by atoms with Crippen LogP contribution in [-0.2, 0) is 16.0 Å². The molecule has 26 heavy (non-hydrogen) atoms. The molecule has 0 atom stereocenters. The van der Waals surface area contributed by atoms with Crippen LogP contribution in [0.3, 0.4) is 0 Å². The molecule has 0 aliphatic heterocycles. The zero-order valence-corrected chi connectivity index (χ0v) is 15.5. The highest BCUT2D eigenvalue weighted by molar-refractivity contribution is 7.10. The molecule has 2 rings (SSSR count). The lowest BCUT2D eigenvalue weighted by atomic mass is 10.2. The standard InChI is InChI=1S/C18H21N3O4S/c1-3-19-18(23)12-25-15-7-6-13(9-16(15)24-2)11-20-21-17(22)10-14-5-4-8-26-14/h4-9,11H,3,10,12H2,1-2H3,(H,19,23)(H,21,22)/b20-11+. The van der Waals surface area contributed by atoms with E-state index in [9.17, 15) is 9.59 Å². The third-order valence-corrected chi connectivity index (χ3v) is 4.11. The van der Waals surface area contributed by atoms with Crippen molar-refractivity contribution in [3.8, 4) is 11.5 Å². The van der Waals surface area contributed by atoms with Gasteiger partial charge in [-0.3, -0.25) is 9.59 Å². The summed E-state index contributed by atoms with van der Waals surface area (Å²) in [5.41, 5.74) is 3.21. The number of methoxy groups -OCH3 is 1. The highest BCUT2D eigenvalue weighted by Crippen LogP contribution is 2.27. The fourth-order valence-electron chi connectivity index (χ4n) is 2.06. The fraction of sp³-hybridized carbons (Fsp3) is 0.278. The number of thiophene rings is 1. The average Bonchev–Trinajstić information content (AvgIpc) is 3.13. The Kier molecular flexibility index (Phi) is 7.63. The molecule has 0 unspecified atom stereocenters. The molecule has 0 radical (unpaired) electrons. The largest absolute Gasteiger partial charge is 0.493 e. The normalized spacial score (nSPS) is 10.5. The van der Waals surface area contributed by atoms with E-state index in [0.29, 0.717) is 24.5 Å². The minimum absolute atomic E-state index is 0.0869. The highest BCUT2D eigenvalue weighted by atomic mass is 32.1. The Morgan fingerprint density at radius 2 is 2.08 bits per heavy atom. The Morgan fingerprint density at radius 3 is 2.77 bits per heavy atom. The van der Waals surface area contributed by atoms with Crippen LogP contribution in [0.4, 0.5) is 0 Å². The third-order valence-electron chi connectivity index (χ3n) is 3.24. The Hall–Kier alpha value is -2.87. The number of carbonyl (C=O) groups is 2. The molecule has 8 heteroatoms. The van der Waals surface area contributed by atoms with Crippen LogP contribution in [0, 0.1) is 0 Å². The molecule has 138 valence electrons. The minimum atomic E-state index is -0.200. The van der Waals surface area contributed by atoms with E-state index in [-0.39, 0.29) is 18.4 Å². The number of likely N-dealkylation sites (N-methyl/N-ethyl adjacent to an activating group) is 1. The summed E-state index contributed by atoms with van der Waals surface area (Å²) in [5.74, 6) is 0.548. The van der Waals surface area contributed by atoms with Crippen LogP contribution in [0.5, 0.6) is 11.5 Å². The molecule has 1 aromatic carbocycles. The smallest absolute Gasteiger partial charge is 0.257 e. The van der Waals surface area contributed by atoms with Crippen LogP contribution in [0.1, 0.15) is 17.4 Å². The predicted molar refractivity (Wildman–Crippen MR) is 101 cm³/mol. The van der Waals surface area contributed by atoms with Gasteiger partial charge in [0.25, 0.3) is 5.91 Å². The van der Waals surface area contributed by atoms with Crippen LogP contribution in [0.15, 0.2) is 40.8 Å². The van der Waals surface area contributed by atoms with Crippen molar-refractivity contribution >= 4 is 29.4 Å². The predicted octanol–water partition coefficient (Wildman–Crippen LogP) is 1.96. The first-order valence-corrected chi connectivity index (χ1v) is 8.92. The maximum Gasteiger partial charge on any atom is 0.257 e. The van der Waals surface area contributed by atoms with Crippen LogP contribution in [-0.4, -0.2) is 38.3 Å². The van der Waals surface area contributed by atoms with Crippen LogP contribution in [0.2, 0.25) is 0 Å². The molecule has 0 saturated heterocycles. The molecule has 2 N–H and O–H groups in total. The van der Waals surface area contributed by atoms with Crippen LogP contribution >= 0.6 is 11.3 Å². The number of amides is 2. The van der Waals surface area contributed by atoms with E-state index in [1.807, 2.05) is 24.4 Å². The summed E-state index contributed by atoms with van der Waals surface area (Å²) in [6.45, 7) is 2.30. The highest BCUT2D eigenvalue weighted by Gasteiger charge is 2.08. The number of hydrogen-bond donors (Lipinski definition) is 2. The van der Waals surface area contributed by atoms with E-state index in [1.165, 1.54) is 24.7 Å². The Bertz CT molecular complexity index is 760. The van der Waals surface area contributed by atoms with Gasteiger partial charge in [-0.2, -0.15) is 5.10 Å². The lowest BCUT2D eigenvalue weighted by molar-refractivity contribution is -0.123. The third kappa shape index (κ3) is 6.21. The van der Waals surface area contributed by atoms with Crippen LogP contribution < -0.4 is 20.2 Å². The first kappa shape index (κ1) is 19.5. The quantitative estimate of drug-likeness (QED) is 0.518. The lowest BCUT2D eigenvalue weighted by Crippen LogP contribution is -2.28. The zero-order valence-electron chi connectivity index (χ0n) is 14.7. The van der Waals surface area contributed by atoms with Crippen molar-refractivity contribution < 1.29 is 19.1 Å². The molecule has 2 aromatic rings. The van der Waals surface area contributed by atoms with E-state index in [1.54, 1.807) is 18.2 Å². The van der Waals surface area contributed by atoms with Gasteiger partial charge in [0.1, 0.15) is 0 Å². The summed E-state index contributed by atoms with van der Waals surface area (Å²) >= 11 is 1.53. The van der Waals surface area contributed by atoms with Gasteiger partial charge >= 0.3 is 0 Å². The van der Waals surface area contributed by atoms with Gasteiger partial charge in [-0.05, 0) is 42.1 Å². The first-order chi connectivity index (χ1) is 12.6. The zero-order chi connectivity index (χ0) is 18.8. The number of nitrogens with one attached hydrogen (secondary N) is 2. The summed E-state index contributed by atoms with van der Waals surface area (Å²) in [7, 11) is 1.51. The Morgan fingerprint density at radius 1 is 1.23 bits per heavy atom. The van der Waals surface area contributed by atoms with E-state index < -0.39 is 0 Å². The monoisotopic (exact) mass is 375 g/mol. The van der Waals surface area contributed by atoms with Gasteiger partial charge in [0.15, 0.2) is 18.1 Å². The van der Waals surface area contributed by atoms with Crippen molar-refractivity contribution in [2.75, 3.05) is 20.3 Å². The second-order valence-electron chi connectivity index (χ2n) is 5.20. The first-order valence-electron chi connectivity index (χ1n) is 8.04. The Balaban J connectivity index is 1.91. The molecule has 0 saturated carbocycles. The molecule has 0 aliphatic carbocycles. The number of hydrogen-bond acceptors (Lipinski definition) is 6. The van der Waals surface area contributed by atoms with E-state index >= 15 is 0 Å². The van der Waals surface area contributed by atoms with Crippen LogP contribution in [0.25, 0.3) is 0 Å². The number of benzene rings is 1. The molecule has 7 nitrogen and oxygen atoms in total. The van der Waals surface area contributed by atoms with Gasteiger partial charge in [0.2, 0.25) is 5.91 Å². The molecular formula is C18H21N3O4S. The van der Waals surface area contributed by atoms with Crippen molar-refractivity contribution in [2.45, 2.75) is 13.3 Å². The van der Waals surface area contributed by atoms with Gasteiger partial charge in [-0.25, -0.2) is 5.43 Å². The van der Waals surface area contributed by atoms with Gasteiger partial charge in [0.05, 0.1) is 19.7 Å². The number of nitrogens with zero attached hydrogens (tertiary/aromatic N) is 1. The van der Waals surface area contributed by atoms with E-state index in [4.69, 9.17) is 9.47 Å². The molecule has 0 bridgehead atoms. The summed E-state index contributed by atoms with van der Waals surface area (Å²) in [6.07, 6.45) is 1.81. The van der Waals surface area contributed by atoms with Crippen molar-refractivity contribution in [2.24, 2.45) is 5.10 Å². The summed E-state index contributed by atoms with van der Waals surface area (Å²) < 4.78 is 10.7. The molecular weight excluding hydrogens is 354 g/mol. The van der Waals surface area contributed by atoms with Crippen molar-refractivity contribution in [3.63, 3.8) is 0 Å². The fourth-order valence-corrected chi connectivity index (χ4v) is 2.77. The summed E-state index contributed by atoms with van der Waals surface area (Å²) in [6, 6.07) is 8.95. The molecule has 0 fully saturated rings. The second kappa shape index (κ2) is 10.2. The molecule has 1 aromatic heterocycles. The maximum atomic E-state index is 11.8. The van der Waals surface area contributed by atoms with Gasteiger partial charge in [0, 0.05) is 11.4 Å². The molecule has 0 aliphatic rings. The number of rotatable bonds is 9. The number of hydrazone groups is 1. The molecule has 2 amide bonds. The number of carbonyl (C=O) groups excluding carboxylic acids is 2. The SMILES string of the molecule is CCNC(=O)COc1ccc(/C=N/NC(=O)Cc2cccs2)cc1OC. The number of ether oxygens (including phenoxy) is 2. The Labute approximate surface area is 156 Å². The van der Waals surface area contributed by atoms with E-state index in [2.05, 4.69) is 15.8 Å². The van der Waals surface area contributed by atoms with E-state index in [0.717, 1.165) is 10.4 Å². The summed E-state index contributed by atoms with van der Waals surface area (Å²) in [5, 5.41) is 8.52. The maximum absolute atomic E-state index is 11.8. The van der Waals surface area contributed by atoms with Gasteiger partial charge < -0.3 is 14.8 Å². The average molecular weight is 375 g/mol. The van der Waals surface area contributed by atoms with Crippen molar-refractivity contribution in [1.82, 2.24) is 10.7 Å². The second-order valence-corrected chi connectivity index (χ2v) is 6.23.